The van der Waals surface area contributed by atoms with Gasteiger partial charge in [0.05, 0.1) is 6.04 Å². The van der Waals surface area contributed by atoms with E-state index in [1.54, 1.807) is 0 Å². The topological polar surface area (TPSA) is 92.4 Å². The number of benzene rings is 1. The minimum absolute atomic E-state index is 0.0551. The lowest BCUT2D eigenvalue weighted by Crippen LogP contribution is -2.41. The third-order valence-corrected chi connectivity index (χ3v) is 2.79. The van der Waals surface area contributed by atoms with Gasteiger partial charge in [-0.25, -0.2) is 0 Å². The van der Waals surface area contributed by atoms with Crippen molar-refractivity contribution < 1.29 is 14.7 Å². The van der Waals surface area contributed by atoms with Crippen molar-refractivity contribution >= 4 is 11.9 Å². The van der Waals surface area contributed by atoms with Gasteiger partial charge in [-0.05, 0) is 24.8 Å². The third kappa shape index (κ3) is 6.57. The van der Waals surface area contributed by atoms with E-state index >= 15 is 0 Å². The van der Waals surface area contributed by atoms with E-state index < -0.39 is 12.0 Å². The summed E-state index contributed by atoms with van der Waals surface area (Å²) in [6.07, 6.45) is 1.81. The lowest BCUT2D eigenvalue weighted by molar-refractivity contribution is -0.137. The number of aliphatic carboxylic acids is 1. The Kier molecular flexibility index (Phi) is 6.60. The summed E-state index contributed by atoms with van der Waals surface area (Å²) in [5, 5.41) is 11.1. The van der Waals surface area contributed by atoms with Gasteiger partial charge >= 0.3 is 5.97 Å². The monoisotopic (exact) mass is 264 g/mol. The molecule has 5 heteroatoms. The molecule has 0 heterocycles. The van der Waals surface area contributed by atoms with E-state index in [1.165, 1.54) is 0 Å². The average molecular weight is 264 g/mol. The van der Waals surface area contributed by atoms with Crippen LogP contribution in [-0.4, -0.2) is 29.6 Å². The maximum atomic E-state index is 11.6. The van der Waals surface area contributed by atoms with Crippen LogP contribution in [0.5, 0.6) is 0 Å². The van der Waals surface area contributed by atoms with Crippen molar-refractivity contribution in [3.63, 3.8) is 0 Å². The molecule has 0 aliphatic heterocycles. The van der Waals surface area contributed by atoms with Gasteiger partial charge in [0, 0.05) is 13.0 Å². The molecule has 0 aliphatic rings. The zero-order valence-corrected chi connectivity index (χ0v) is 10.8. The first-order chi connectivity index (χ1) is 9.09. The third-order valence-electron chi connectivity index (χ3n) is 2.79. The Balaban J connectivity index is 2.20. The van der Waals surface area contributed by atoms with Crippen LogP contribution >= 0.6 is 0 Å². The molecule has 19 heavy (non-hydrogen) atoms. The van der Waals surface area contributed by atoms with Crippen LogP contribution in [0.3, 0.4) is 0 Å². The molecule has 0 aromatic heterocycles. The standard InChI is InChI=1S/C14H20N2O3/c15-12(9-8-11-5-2-1-3-6-11)14(19)16-10-4-7-13(17)18/h1-3,5-6,12H,4,7-10,15H2,(H,16,19)(H,17,18). The van der Waals surface area contributed by atoms with E-state index in [0.717, 1.165) is 12.0 Å². The van der Waals surface area contributed by atoms with Crippen LogP contribution in [-0.2, 0) is 16.0 Å². The van der Waals surface area contributed by atoms with E-state index in [4.69, 9.17) is 10.8 Å². The van der Waals surface area contributed by atoms with Gasteiger partial charge in [-0.15, -0.1) is 0 Å². The minimum atomic E-state index is -0.859. The Labute approximate surface area is 112 Å². The molecule has 1 unspecified atom stereocenters. The summed E-state index contributed by atoms with van der Waals surface area (Å²) >= 11 is 0. The van der Waals surface area contributed by atoms with Crippen LogP contribution < -0.4 is 11.1 Å². The number of aryl methyl sites for hydroxylation is 1. The van der Waals surface area contributed by atoms with Crippen LogP contribution in [0, 0.1) is 0 Å². The first-order valence-corrected chi connectivity index (χ1v) is 6.38. The van der Waals surface area contributed by atoms with Gasteiger partial charge in [0.2, 0.25) is 5.91 Å². The van der Waals surface area contributed by atoms with Crippen molar-refractivity contribution in [2.75, 3.05) is 6.54 Å². The Bertz CT molecular complexity index is 406. The highest BCUT2D eigenvalue weighted by atomic mass is 16.4. The lowest BCUT2D eigenvalue weighted by atomic mass is 10.1. The summed E-state index contributed by atoms with van der Waals surface area (Å²) in [6.45, 7) is 0.351. The van der Waals surface area contributed by atoms with Gasteiger partial charge in [-0.1, -0.05) is 30.3 Å². The van der Waals surface area contributed by atoms with Crippen LogP contribution in [0.1, 0.15) is 24.8 Å². The summed E-state index contributed by atoms with van der Waals surface area (Å²) in [7, 11) is 0. The van der Waals surface area contributed by atoms with Gasteiger partial charge in [0.15, 0.2) is 0 Å². The van der Waals surface area contributed by atoms with Crippen molar-refractivity contribution in [1.82, 2.24) is 5.32 Å². The number of hydrogen-bond donors (Lipinski definition) is 3. The molecule has 1 aromatic carbocycles. The van der Waals surface area contributed by atoms with Crippen LogP contribution in [0.15, 0.2) is 30.3 Å². The molecule has 0 saturated heterocycles. The molecule has 0 radical (unpaired) electrons. The van der Waals surface area contributed by atoms with Crippen LogP contribution in [0.4, 0.5) is 0 Å². The highest BCUT2D eigenvalue weighted by Gasteiger charge is 2.12. The number of hydrogen-bond acceptors (Lipinski definition) is 3. The largest absolute Gasteiger partial charge is 0.481 e. The van der Waals surface area contributed by atoms with Gasteiger partial charge in [-0.2, -0.15) is 0 Å². The zero-order chi connectivity index (χ0) is 14.1. The van der Waals surface area contributed by atoms with Gasteiger partial charge in [0.1, 0.15) is 0 Å². The van der Waals surface area contributed by atoms with Crippen molar-refractivity contribution in [1.29, 1.82) is 0 Å². The molecule has 0 bridgehead atoms. The summed E-state index contributed by atoms with van der Waals surface area (Å²) in [5.41, 5.74) is 6.93. The number of carboxylic acid groups (broad SMARTS) is 1. The number of carbonyl (C=O) groups is 2. The summed E-state index contributed by atoms with van der Waals surface area (Å²) in [6, 6.07) is 9.29. The fourth-order valence-electron chi connectivity index (χ4n) is 1.68. The fraction of sp³-hybridized carbons (Fsp3) is 0.429. The number of rotatable bonds is 8. The Morgan fingerprint density at radius 3 is 2.58 bits per heavy atom. The molecule has 1 aromatic rings. The predicted molar refractivity (Wildman–Crippen MR) is 72.6 cm³/mol. The number of nitrogens with one attached hydrogen (secondary N) is 1. The molecule has 1 rings (SSSR count). The normalized spacial score (nSPS) is 11.8. The van der Waals surface area contributed by atoms with Crippen LogP contribution in [0.25, 0.3) is 0 Å². The zero-order valence-electron chi connectivity index (χ0n) is 10.8. The predicted octanol–water partition coefficient (Wildman–Crippen LogP) is 0.927. The molecule has 4 N–H and O–H groups in total. The summed E-state index contributed by atoms with van der Waals surface area (Å²) in [4.78, 5) is 21.9. The quantitative estimate of drug-likeness (QED) is 0.609. The smallest absolute Gasteiger partial charge is 0.303 e. The van der Waals surface area contributed by atoms with E-state index in [2.05, 4.69) is 5.32 Å². The molecule has 0 saturated carbocycles. The molecule has 104 valence electrons. The first kappa shape index (κ1) is 15.2. The second-order valence-electron chi connectivity index (χ2n) is 4.42. The Morgan fingerprint density at radius 1 is 1.26 bits per heavy atom. The maximum Gasteiger partial charge on any atom is 0.303 e. The second kappa shape index (κ2) is 8.26. The lowest BCUT2D eigenvalue weighted by Gasteiger charge is -2.11. The molecule has 5 nitrogen and oxygen atoms in total. The highest BCUT2D eigenvalue weighted by molar-refractivity contribution is 5.81. The number of amides is 1. The van der Waals surface area contributed by atoms with Gasteiger partial charge in [0.25, 0.3) is 0 Å². The molecule has 0 aliphatic carbocycles. The van der Waals surface area contributed by atoms with E-state index in [1.807, 2.05) is 30.3 Å². The van der Waals surface area contributed by atoms with Crippen molar-refractivity contribution in [2.45, 2.75) is 31.7 Å². The average Bonchev–Trinajstić information content (AvgIpc) is 2.41. The SMILES string of the molecule is NC(CCc1ccccc1)C(=O)NCCCC(=O)O. The van der Waals surface area contributed by atoms with Crippen molar-refractivity contribution in [2.24, 2.45) is 5.73 Å². The van der Waals surface area contributed by atoms with Crippen molar-refractivity contribution in [3.05, 3.63) is 35.9 Å². The van der Waals surface area contributed by atoms with Gasteiger partial charge in [-0.3, -0.25) is 9.59 Å². The highest BCUT2D eigenvalue weighted by Crippen LogP contribution is 2.04. The first-order valence-electron chi connectivity index (χ1n) is 6.38. The number of nitrogens with two attached hydrogens (primary N) is 1. The molecule has 1 amide bonds. The fourth-order valence-corrected chi connectivity index (χ4v) is 1.68. The van der Waals surface area contributed by atoms with Crippen LogP contribution in [0.2, 0.25) is 0 Å². The summed E-state index contributed by atoms with van der Waals surface area (Å²) < 4.78 is 0. The van der Waals surface area contributed by atoms with Gasteiger partial charge < -0.3 is 16.2 Å². The Morgan fingerprint density at radius 2 is 1.95 bits per heavy atom. The minimum Gasteiger partial charge on any atom is -0.481 e. The van der Waals surface area contributed by atoms with Crippen molar-refractivity contribution in [3.8, 4) is 0 Å². The van der Waals surface area contributed by atoms with E-state index in [-0.39, 0.29) is 12.3 Å². The molecule has 0 fully saturated rings. The molecule has 1 atom stereocenters. The maximum absolute atomic E-state index is 11.6. The molecular formula is C14H20N2O3. The molecular weight excluding hydrogens is 244 g/mol. The number of carboxylic acids is 1. The molecule has 0 spiro atoms. The summed E-state index contributed by atoms with van der Waals surface area (Å²) in [5.74, 6) is -1.08. The number of carbonyl (C=O) groups excluding carboxylic acids is 1. The van der Waals surface area contributed by atoms with E-state index in [0.29, 0.717) is 19.4 Å². The second-order valence-corrected chi connectivity index (χ2v) is 4.42. The van der Waals surface area contributed by atoms with E-state index in [9.17, 15) is 9.59 Å². The Hall–Kier alpha value is -1.88.